The van der Waals surface area contributed by atoms with E-state index in [2.05, 4.69) is 33.8 Å². The Hall–Kier alpha value is -2.34. The van der Waals surface area contributed by atoms with Crippen molar-refractivity contribution in [3.05, 3.63) is 51.4 Å². The first-order valence-corrected chi connectivity index (χ1v) is 9.84. The van der Waals surface area contributed by atoms with E-state index in [-0.39, 0.29) is 5.56 Å². The summed E-state index contributed by atoms with van der Waals surface area (Å²) in [4.78, 5) is 25.1. The Balaban J connectivity index is 1.48. The average Bonchev–Trinajstić information content (AvgIpc) is 2.69. The van der Waals surface area contributed by atoms with E-state index in [9.17, 15) is 4.79 Å². The molecule has 0 unspecified atom stereocenters. The number of rotatable bonds is 4. The van der Waals surface area contributed by atoms with Gasteiger partial charge in [-0.25, -0.2) is 4.98 Å². The summed E-state index contributed by atoms with van der Waals surface area (Å²) in [6, 6.07) is 8.12. The number of nitrogens with one attached hydrogen (secondary N) is 1. The number of nitrogens with zero attached hydrogens (tertiary/aromatic N) is 3. The van der Waals surface area contributed by atoms with Gasteiger partial charge in [-0.3, -0.25) is 14.7 Å². The Morgan fingerprint density at radius 1 is 1.26 bits per heavy atom. The highest BCUT2D eigenvalue weighted by Gasteiger charge is 2.24. The van der Waals surface area contributed by atoms with Gasteiger partial charge in [0.05, 0.1) is 18.4 Å². The molecule has 0 saturated carbocycles. The monoisotopic (exact) mass is 368 g/mol. The van der Waals surface area contributed by atoms with Crippen molar-refractivity contribution < 1.29 is 4.74 Å². The van der Waals surface area contributed by atoms with Crippen LogP contribution in [0.3, 0.4) is 0 Å². The number of hydrogen-bond acceptors (Lipinski definition) is 5. The predicted molar refractivity (Wildman–Crippen MR) is 106 cm³/mol. The summed E-state index contributed by atoms with van der Waals surface area (Å²) in [6.45, 7) is 6.63. The number of hydrogen-bond donors (Lipinski definition) is 1. The molecule has 6 heteroatoms. The van der Waals surface area contributed by atoms with Crippen molar-refractivity contribution in [1.82, 2.24) is 14.9 Å². The largest absolute Gasteiger partial charge is 0.497 e. The molecule has 2 aliphatic rings. The minimum atomic E-state index is 0.0210. The van der Waals surface area contributed by atoms with Crippen LogP contribution in [0.4, 0.5) is 5.95 Å². The molecule has 0 amide bonds. The fraction of sp³-hybridized carbons (Fsp3) is 0.524. The fourth-order valence-corrected chi connectivity index (χ4v) is 4.12. The highest BCUT2D eigenvalue weighted by Crippen LogP contribution is 2.22. The zero-order valence-electron chi connectivity index (χ0n) is 16.2. The van der Waals surface area contributed by atoms with Gasteiger partial charge in [0, 0.05) is 39.1 Å². The molecule has 27 heavy (non-hydrogen) atoms. The summed E-state index contributed by atoms with van der Waals surface area (Å²) in [5.74, 6) is 2.27. The topological polar surface area (TPSA) is 61.5 Å². The van der Waals surface area contributed by atoms with Crippen LogP contribution in [-0.4, -0.2) is 41.6 Å². The lowest BCUT2D eigenvalue weighted by Gasteiger charge is -2.33. The Morgan fingerprint density at radius 2 is 2.07 bits per heavy atom. The predicted octanol–water partition coefficient (Wildman–Crippen LogP) is 2.57. The molecule has 2 aliphatic heterocycles. The van der Waals surface area contributed by atoms with E-state index in [0.717, 1.165) is 62.0 Å². The number of benzene rings is 1. The molecule has 0 bridgehead atoms. The second kappa shape index (κ2) is 7.72. The summed E-state index contributed by atoms with van der Waals surface area (Å²) in [5, 5.41) is 0. The summed E-state index contributed by atoms with van der Waals surface area (Å²) < 4.78 is 5.22. The molecule has 1 aromatic heterocycles. The van der Waals surface area contributed by atoms with Gasteiger partial charge < -0.3 is 9.64 Å². The quantitative estimate of drug-likeness (QED) is 0.899. The van der Waals surface area contributed by atoms with Crippen LogP contribution in [0.2, 0.25) is 0 Å². The minimum absolute atomic E-state index is 0.0210. The van der Waals surface area contributed by atoms with Crippen LogP contribution in [0.1, 0.15) is 36.6 Å². The number of aromatic nitrogens is 2. The van der Waals surface area contributed by atoms with Crippen LogP contribution in [0.15, 0.2) is 29.1 Å². The molecule has 1 saturated heterocycles. The van der Waals surface area contributed by atoms with E-state index < -0.39 is 0 Å². The molecule has 4 rings (SSSR count). The third kappa shape index (κ3) is 4.00. The molecule has 0 spiro atoms. The van der Waals surface area contributed by atoms with Gasteiger partial charge in [-0.1, -0.05) is 19.1 Å². The molecule has 2 aromatic rings. The first kappa shape index (κ1) is 18.0. The van der Waals surface area contributed by atoms with Crippen LogP contribution in [0, 0.1) is 5.92 Å². The highest BCUT2D eigenvalue weighted by atomic mass is 16.5. The molecule has 144 valence electrons. The molecule has 1 N–H and O–H groups in total. The molecule has 0 radical (unpaired) electrons. The van der Waals surface area contributed by atoms with Crippen molar-refractivity contribution in [2.24, 2.45) is 5.92 Å². The highest BCUT2D eigenvalue weighted by molar-refractivity contribution is 5.35. The van der Waals surface area contributed by atoms with Gasteiger partial charge in [-0.2, -0.15) is 0 Å². The van der Waals surface area contributed by atoms with Gasteiger partial charge in [-0.15, -0.1) is 0 Å². The lowest BCUT2D eigenvalue weighted by molar-refractivity contribution is 0.241. The van der Waals surface area contributed by atoms with Crippen molar-refractivity contribution in [2.45, 2.75) is 39.3 Å². The molecule has 1 fully saturated rings. The molecule has 3 heterocycles. The van der Waals surface area contributed by atoms with Crippen molar-refractivity contribution >= 4 is 5.95 Å². The number of ether oxygens (including phenoxy) is 1. The van der Waals surface area contributed by atoms with Crippen LogP contribution in [0.25, 0.3) is 0 Å². The lowest BCUT2D eigenvalue weighted by Crippen LogP contribution is -2.39. The van der Waals surface area contributed by atoms with E-state index in [1.165, 1.54) is 12.0 Å². The van der Waals surface area contributed by atoms with E-state index >= 15 is 0 Å². The molecule has 0 aliphatic carbocycles. The second-order valence-corrected chi connectivity index (χ2v) is 7.82. The molecular formula is C21H28N4O2. The van der Waals surface area contributed by atoms with Gasteiger partial charge in [0.1, 0.15) is 5.75 Å². The van der Waals surface area contributed by atoms with Crippen LogP contribution >= 0.6 is 0 Å². The number of piperidine rings is 1. The third-order valence-corrected chi connectivity index (χ3v) is 5.66. The van der Waals surface area contributed by atoms with Crippen LogP contribution in [-0.2, 0) is 19.5 Å². The zero-order valence-corrected chi connectivity index (χ0v) is 16.2. The first-order chi connectivity index (χ1) is 13.1. The van der Waals surface area contributed by atoms with Gasteiger partial charge >= 0.3 is 0 Å². The Morgan fingerprint density at radius 3 is 2.81 bits per heavy atom. The lowest BCUT2D eigenvalue weighted by atomic mass is 10.0. The van der Waals surface area contributed by atoms with Gasteiger partial charge in [0.15, 0.2) is 0 Å². The van der Waals surface area contributed by atoms with Crippen molar-refractivity contribution in [1.29, 1.82) is 0 Å². The Bertz CT molecular complexity index is 846. The van der Waals surface area contributed by atoms with Gasteiger partial charge in [-0.05, 0) is 36.5 Å². The summed E-state index contributed by atoms with van der Waals surface area (Å²) in [7, 11) is 1.68. The smallest absolute Gasteiger partial charge is 0.257 e. The zero-order chi connectivity index (χ0) is 18.8. The van der Waals surface area contributed by atoms with E-state index in [0.29, 0.717) is 12.5 Å². The van der Waals surface area contributed by atoms with E-state index in [1.807, 2.05) is 12.1 Å². The maximum atomic E-state index is 12.7. The number of methoxy groups -OCH3 is 1. The van der Waals surface area contributed by atoms with Crippen LogP contribution < -0.4 is 15.2 Å². The van der Waals surface area contributed by atoms with Crippen LogP contribution in [0.5, 0.6) is 5.75 Å². The molecular weight excluding hydrogens is 340 g/mol. The average molecular weight is 368 g/mol. The van der Waals surface area contributed by atoms with E-state index in [4.69, 9.17) is 9.72 Å². The van der Waals surface area contributed by atoms with Crippen molar-refractivity contribution in [3.63, 3.8) is 0 Å². The third-order valence-electron chi connectivity index (χ3n) is 5.66. The first-order valence-electron chi connectivity index (χ1n) is 9.84. The van der Waals surface area contributed by atoms with Crippen molar-refractivity contribution in [2.75, 3.05) is 31.6 Å². The number of anilines is 1. The number of H-pyrrole nitrogens is 1. The van der Waals surface area contributed by atoms with E-state index in [1.54, 1.807) is 7.11 Å². The fourth-order valence-electron chi connectivity index (χ4n) is 4.12. The maximum Gasteiger partial charge on any atom is 0.257 e. The second-order valence-electron chi connectivity index (χ2n) is 7.82. The van der Waals surface area contributed by atoms with Gasteiger partial charge in [0.25, 0.3) is 5.56 Å². The molecule has 1 aromatic carbocycles. The number of fused-ring (bicyclic) bond motifs is 1. The SMILES string of the molecule is COc1ccc(CN2CCc3nc(N4CCC[C@H](C)C4)[nH]c(=O)c3C2)cc1. The number of aromatic amines is 1. The maximum absolute atomic E-state index is 12.7. The summed E-state index contributed by atoms with van der Waals surface area (Å²) in [5.41, 5.74) is 3.04. The van der Waals surface area contributed by atoms with Crippen molar-refractivity contribution in [3.8, 4) is 5.75 Å². The van der Waals surface area contributed by atoms with Gasteiger partial charge in [0.2, 0.25) is 5.95 Å². The normalized spacial score (nSPS) is 20.4. The Kier molecular flexibility index (Phi) is 5.16. The molecule has 6 nitrogen and oxygen atoms in total. The standard InChI is InChI=1S/C21H28N4O2/c1-15-4-3-10-25(12-15)21-22-19-9-11-24(14-18(19)20(26)23-21)13-16-5-7-17(27-2)8-6-16/h5-8,15H,3-4,9-14H2,1-2H3,(H,22,23,26)/t15-/m0/s1. The molecule has 1 atom stereocenters. The summed E-state index contributed by atoms with van der Waals surface area (Å²) in [6.07, 6.45) is 3.25. The minimum Gasteiger partial charge on any atom is -0.497 e. The summed E-state index contributed by atoms with van der Waals surface area (Å²) >= 11 is 0. The Labute approximate surface area is 160 Å².